The number of nitrogens with one attached hydrogen (secondary N) is 1. The zero-order chi connectivity index (χ0) is 14.8. The lowest BCUT2D eigenvalue weighted by Gasteiger charge is -2.20. The minimum Gasteiger partial charge on any atom is -0.478 e. The van der Waals surface area contributed by atoms with E-state index in [0.29, 0.717) is 15.7 Å². The number of hydrogen-bond donors (Lipinski definition) is 2. The molecule has 0 aromatic heterocycles. The van der Waals surface area contributed by atoms with Crippen molar-refractivity contribution >= 4 is 33.7 Å². The molecule has 0 aliphatic carbocycles. The van der Waals surface area contributed by atoms with Crippen LogP contribution in [0.4, 0.5) is 10.5 Å². The number of rotatable bonds is 2. The van der Waals surface area contributed by atoms with E-state index < -0.39 is 17.7 Å². The number of amides is 1. The van der Waals surface area contributed by atoms with Crippen molar-refractivity contribution in [2.24, 2.45) is 0 Å². The van der Waals surface area contributed by atoms with Crippen LogP contribution in [-0.4, -0.2) is 22.8 Å². The first-order chi connectivity index (χ1) is 8.61. The van der Waals surface area contributed by atoms with E-state index in [-0.39, 0.29) is 5.56 Å². The number of aromatic carboxylic acids is 1. The molecule has 0 heterocycles. The molecule has 1 rings (SSSR count). The van der Waals surface area contributed by atoms with Gasteiger partial charge >= 0.3 is 12.1 Å². The fourth-order valence-corrected chi connectivity index (χ4v) is 1.87. The van der Waals surface area contributed by atoms with Crippen LogP contribution in [0.2, 0.25) is 0 Å². The molecule has 0 bridgehead atoms. The molecule has 0 spiro atoms. The van der Waals surface area contributed by atoms with Gasteiger partial charge in [0.1, 0.15) is 5.60 Å². The van der Waals surface area contributed by atoms with Gasteiger partial charge < -0.3 is 9.84 Å². The molecular weight excluding hydrogens is 314 g/mol. The zero-order valence-corrected chi connectivity index (χ0v) is 12.8. The first-order valence-corrected chi connectivity index (χ1v) is 6.43. The molecule has 104 valence electrons. The Morgan fingerprint density at radius 3 is 2.37 bits per heavy atom. The van der Waals surface area contributed by atoms with Crippen molar-refractivity contribution in [1.82, 2.24) is 0 Å². The SMILES string of the molecule is Cc1c(C(=O)O)ccc(NC(=O)OC(C)(C)C)c1Br. The monoisotopic (exact) mass is 329 g/mol. The highest BCUT2D eigenvalue weighted by Gasteiger charge is 2.18. The Kier molecular flexibility index (Phi) is 4.57. The van der Waals surface area contributed by atoms with E-state index in [1.807, 2.05) is 0 Å². The van der Waals surface area contributed by atoms with Crippen molar-refractivity contribution in [2.75, 3.05) is 5.32 Å². The quantitative estimate of drug-likeness (QED) is 0.865. The van der Waals surface area contributed by atoms with Crippen LogP contribution >= 0.6 is 15.9 Å². The van der Waals surface area contributed by atoms with Crippen molar-refractivity contribution < 1.29 is 19.4 Å². The minimum absolute atomic E-state index is 0.182. The van der Waals surface area contributed by atoms with Crippen LogP contribution < -0.4 is 5.32 Å². The van der Waals surface area contributed by atoms with Gasteiger partial charge in [-0.15, -0.1) is 0 Å². The lowest BCUT2D eigenvalue weighted by molar-refractivity contribution is 0.0634. The van der Waals surface area contributed by atoms with Crippen LogP contribution in [0.15, 0.2) is 16.6 Å². The molecule has 0 saturated carbocycles. The predicted octanol–water partition coefficient (Wildman–Crippen LogP) is 3.80. The van der Waals surface area contributed by atoms with Crippen molar-refractivity contribution in [1.29, 1.82) is 0 Å². The second-order valence-corrected chi connectivity index (χ2v) is 5.82. The van der Waals surface area contributed by atoms with E-state index >= 15 is 0 Å². The summed E-state index contributed by atoms with van der Waals surface area (Å²) in [4.78, 5) is 22.6. The number of benzene rings is 1. The molecular formula is C13H16BrNO4. The fraction of sp³-hybridized carbons (Fsp3) is 0.385. The van der Waals surface area contributed by atoms with E-state index in [1.165, 1.54) is 12.1 Å². The van der Waals surface area contributed by atoms with Crippen LogP contribution in [0, 0.1) is 6.92 Å². The van der Waals surface area contributed by atoms with Crippen molar-refractivity contribution in [3.05, 3.63) is 27.7 Å². The molecule has 0 aliphatic rings. The average molecular weight is 330 g/mol. The Hall–Kier alpha value is -1.56. The molecule has 6 heteroatoms. The Balaban J connectivity index is 2.95. The fourth-order valence-electron chi connectivity index (χ4n) is 1.43. The summed E-state index contributed by atoms with van der Waals surface area (Å²) >= 11 is 3.27. The number of halogens is 1. The Labute approximate surface area is 120 Å². The summed E-state index contributed by atoms with van der Waals surface area (Å²) in [6.45, 7) is 6.95. The maximum atomic E-state index is 11.6. The summed E-state index contributed by atoms with van der Waals surface area (Å²) in [5.41, 5.74) is 0.603. The van der Waals surface area contributed by atoms with Gasteiger partial charge in [-0.1, -0.05) is 0 Å². The van der Waals surface area contributed by atoms with Crippen LogP contribution in [0.25, 0.3) is 0 Å². The van der Waals surface area contributed by atoms with Crippen molar-refractivity contribution in [2.45, 2.75) is 33.3 Å². The highest BCUT2D eigenvalue weighted by molar-refractivity contribution is 9.10. The molecule has 19 heavy (non-hydrogen) atoms. The van der Waals surface area contributed by atoms with Gasteiger partial charge in [-0.2, -0.15) is 0 Å². The van der Waals surface area contributed by atoms with Crippen molar-refractivity contribution in [3.8, 4) is 0 Å². The van der Waals surface area contributed by atoms with E-state index in [1.54, 1.807) is 27.7 Å². The van der Waals surface area contributed by atoms with E-state index in [9.17, 15) is 9.59 Å². The Morgan fingerprint density at radius 1 is 1.32 bits per heavy atom. The second kappa shape index (κ2) is 5.61. The molecule has 1 aromatic rings. The number of anilines is 1. The molecule has 1 aromatic carbocycles. The third-order valence-corrected chi connectivity index (χ3v) is 3.27. The molecule has 0 fully saturated rings. The third-order valence-electron chi connectivity index (χ3n) is 2.25. The molecule has 0 radical (unpaired) electrons. The molecule has 0 unspecified atom stereocenters. The predicted molar refractivity (Wildman–Crippen MR) is 75.7 cm³/mol. The topological polar surface area (TPSA) is 75.6 Å². The summed E-state index contributed by atoms with van der Waals surface area (Å²) in [5.74, 6) is -1.01. The third kappa shape index (κ3) is 4.24. The van der Waals surface area contributed by atoms with Gasteiger partial charge in [-0.3, -0.25) is 5.32 Å². The number of hydrogen-bond acceptors (Lipinski definition) is 3. The summed E-state index contributed by atoms with van der Waals surface area (Å²) < 4.78 is 5.65. The first-order valence-electron chi connectivity index (χ1n) is 5.64. The van der Waals surface area contributed by atoms with Gasteiger partial charge in [-0.05, 0) is 61.3 Å². The zero-order valence-electron chi connectivity index (χ0n) is 11.2. The summed E-state index contributed by atoms with van der Waals surface area (Å²) in [6, 6.07) is 2.96. The average Bonchev–Trinajstić information content (AvgIpc) is 2.21. The van der Waals surface area contributed by atoms with E-state index in [4.69, 9.17) is 9.84 Å². The summed E-state index contributed by atoms with van der Waals surface area (Å²) in [6.07, 6.45) is -0.587. The molecule has 2 N–H and O–H groups in total. The molecule has 5 nitrogen and oxygen atoms in total. The van der Waals surface area contributed by atoms with Crippen LogP contribution in [0.5, 0.6) is 0 Å². The maximum Gasteiger partial charge on any atom is 0.412 e. The smallest absolute Gasteiger partial charge is 0.412 e. The highest BCUT2D eigenvalue weighted by atomic mass is 79.9. The molecule has 0 atom stereocenters. The summed E-state index contributed by atoms with van der Waals surface area (Å²) in [7, 11) is 0. The van der Waals surface area contributed by atoms with Gasteiger partial charge in [0, 0.05) is 4.47 Å². The largest absolute Gasteiger partial charge is 0.478 e. The standard InChI is InChI=1S/C13H16BrNO4/c1-7-8(11(16)17)5-6-9(10(7)14)15-12(18)19-13(2,3)4/h5-6H,1-4H3,(H,15,18)(H,16,17). The van der Waals surface area contributed by atoms with Crippen LogP contribution in [-0.2, 0) is 4.74 Å². The van der Waals surface area contributed by atoms with Gasteiger partial charge in [0.05, 0.1) is 11.3 Å². The van der Waals surface area contributed by atoms with E-state index in [0.717, 1.165) is 0 Å². The van der Waals surface area contributed by atoms with Gasteiger partial charge in [-0.25, -0.2) is 9.59 Å². The number of carboxylic acids is 1. The first kappa shape index (κ1) is 15.5. The van der Waals surface area contributed by atoms with Crippen molar-refractivity contribution in [3.63, 3.8) is 0 Å². The van der Waals surface area contributed by atoms with Gasteiger partial charge in [0.2, 0.25) is 0 Å². The van der Waals surface area contributed by atoms with Gasteiger partial charge in [0.25, 0.3) is 0 Å². The maximum absolute atomic E-state index is 11.6. The Morgan fingerprint density at radius 2 is 1.89 bits per heavy atom. The molecule has 0 aliphatic heterocycles. The lowest BCUT2D eigenvalue weighted by Crippen LogP contribution is -2.27. The number of carboxylic acid groups (broad SMARTS) is 1. The van der Waals surface area contributed by atoms with Crippen LogP contribution in [0.1, 0.15) is 36.7 Å². The van der Waals surface area contributed by atoms with Gasteiger partial charge in [0.15, 0.2) is 0 Å². The Bertz CT molecular complexity index is 520. The molecule has 1 amide bonds. The summed E-state index contributed by atoms with van der Waals surface area (Å²) in [5, 5.41) is 11.6. The lowest BCUT2D eigenvalue weighted by atomic mass is 10.1. The highest BCUT2D eigenvalue weighted by Crippen LogP contribution is 2.29. The minimum atomic E-state index is -1.01. The normalized spacial score (nSPS) is 11.0. The second-order valence-electron chi connectivity index (χ2n) is 5.03. The van der Waals surface area contributed by atoms with E-state index in [2.05, 4.69) is 21.2 Å². The van der Waals surface area contributed by atoms with Crippen LogP contribution in [0.3, 0.4) is 0 Å². The molecule has 0 saturated heterocycles. The number of ether oxygens (including phenoxy) is 1. The number of carbonyl (C=O) groups excluding carboxylic acids is 1. The number of carbonyl (C=O) groups is 2.